The van der Waals surface area contributed by atoms with Crippen LogP contribution in [0.1, 0.15) is 13.8 Å². The molecular weight excluding hydrogens is 222 g/mol. The van der Waals surface area contributed by atoms with E-state index in [9.17, 15) is 10.1 Å². The minimum atomic E-state index is -0.411. The van der Waals surface area contributed by atoms with Gasteiger partial charge in [0.2, 0.25) is 0 Å². The van der Waals surface area contributed by atoms with Gasteiger partial charge in [0, 0.05) is 25.4 Å². The first-order valence-electron chi connectivity index (χ1n) is 5.70. The van der Waals surface area contributed by atoms with Crippen LogP contribution in [0.4, 0.5) is 11.5 Å². The lowest BCUT2D eigenvalue weighted by molar-refractivity contribution is -0.384. The van der Waals surface area contributed by atoms with Crippen molar-refractivity contribution in [2.75, 3.05) is 31.2 Å². The summed E-state index contributed by atoms with van der Waals surface area (Å²) >= 11 is 0. The van der Waals surface area contributed by atoms with E-state index >= 15 is 0 Å². The fourth-order valence-corrected chi connectivity index (χ4v) is 1.49. The largest absolute Gasteiger partial charge is 0.378 e. The van der Waals surface area contributed by atoms with Gasteiger partial charge in [0.15, 0.2) is 0 Å². The Morgan fingerprint density at radius 1 is 1.41 bits per heavy atom. The summed E-state index contributed by atoms with van der Waals surface area (Å²) in [6, 6.07) is 2.88. The van der Waals surface area contributed by atoms with Crippen molar-refractivity contribution in [2.45, 2.75) is 13.8 Å². The number of aromatic nitrogens is 1. The van der Waals surface area contributed by atoms with Crippen molar-refractivity contribution in [3.8, 4) is 0 Å². The van der Waals surface area contributed by atoms with Crippen LogP contribution in [0, 0.1) is 10.1 Å². The van der Waals surface area contributed by atoms with Crippen molar-refractivity contribution in [3.05, 3.63) is 28.4 Å². The number of hydrogen-bond acceptors (Lipinski definition) is 5. The van der Waals surface area contributed by atoms with Crippen LogP contribution in [0.5, 0.6) is 0 Å². The first kappa shape index (κ1) is 13.4. The van der Waals surface area contributed by atoms with Gasteiger partial charge in [0.05, 0.1) is 24.2 Å². The van der Waals surface area contributed by atoms with Crippen molar-refractivity contribution >= 4 is 11.5 Å². The number of morpholine rings is 1. The Bertz CT molecular complexity index is 365. The van der Waals surface area contributed by atoms with E-state index in [1.54, 1.807) is 0 Å². The molecule has 0 aromatic carbocycles. The van der Waals surface area contributed by atoms with Gasteiger partial charge in [-0.2, -0.15) is 0 Å². The van der Waals surface area contributed by atoms with Crippen molar-refractivity contribution in [3.63, 3.8) is 0 Å². The van der Waals surface area contributed by atoms with Crippen molar-refractivity contribution < 1.29 is 9.66 Å². The second kappa shape index (κ2) is 6.80. The Hall–Kier alpha value is -1.69. The average Bonchev–Trinajstić information content (AvgIpc) is 2.42. The van der Waals surface area contributed by atoms with Crippen LogP contribution in [0.15, 0.2) is 18.3 Å². The highest BCUT2D eigenvalue weighted by molar-refractivity contribution is 5.46. The summed E-state index contributed by atoms with van der Waals surface area (Å²) in [5, 5.41) is 10.6. The number of rotatable bonds is 2. The summed E-state index contributed by atoms with van der Waals surface area (Å²) in [7, 11) is 0. The quantitative estimate of drug-likeness (QED) is 0.582. The van der Waals surface area contributed by atoms with Gasteiger partial charge in [0.25, 0.3) is 5.69 Å². The third-order valence-electron chi connectivity index (χ3n) is 2.27. The van der Waals surface area contributed by atoms with E-state index < -0.39 is 4.92 Å². The molecule has 2 heterocycles. The van der Waals surface area contributed by atoms with Crippen LogP contribution in [0.2, 0.25) is 0 Å². The normalized spacial score (nSPS) is 14.8. The van der Waals surface area contributed by atoms with Crippen molar-refractivity contribution in [1.82, 2.24) is 4.98 Å². The van der Waals surface area contributed by atoms with Crippen LogP contribution in [0.25, 0.3) is 0 Å². The van der Waals surface area contributed by atoms with E-state index in [0.29, 0.717) is 19.0 Å². The van der Waals surface area contributed by atoms with E-state index in [4.69, 9.17) is 4.74 Å². The summed E-state index contributed by atoms with van der Waals surface area (Å²) in [6.07, 6.45) is 1.46. The third-order valence-corrected chi connectivity index (χ3v) is 2.27. The number of nitrogens with zero attached hydrogens (tertiary/aromatic N) is 3. The number of nitro groups is 1. The van der Waals surface area contributed by atoms with Crippen molar-refractivity contribution in [2.24, 2.45) is 0 Å². The van der Waals surface area contributed by atoms with Gasteiger partial charge < -0.3 is 9.64 Å². The topological polar surface area (TPSA) is 68.5 Å². The lowest BCUT2D eigenvalue weighted by Gasteiger charge is -2.27. The second-order valence-electron chi connectivity index (χ2n) is 3.23. The standard InChI is InChI=1S/C9H11N3O3.C2H6/c13-12(14)8-1-2-10-9(7-8)11-3-5-15-6-4-11;1-2/h1-2,7H,3-6H2;1-2H3. The summed E-state index contributed by atoms with van der Waals surface area (Å²) in [5.41, 5.74) is 0.0755. The average molecular weight is 239 g/mol. The van der Waals surface area contributed by atoms with Gasteiger partial charge >= 0.3 is 0 Å². The first-order chi connectivity index (χ1) is 8.27. The van der Waals surface area contributed by atoms with E-state index in [-0.39, 0.29) is 5.69 Å². The van der Waals surface area contributed by atoms with Crippen molar-refractivity contribution in [1.29, 1.82) is 0 Å². The highest BCUT2D eigenvalue weighted by Crippen LogP contribution is 2.18. The van der Waals surface area contributed by atoms with Gasteiger partial charge in [-0.3, -0.25) is 10.1 Å². The van der Waals surface area contributed by atoms with Crippen LogP contribution in [0.3, 0.4) is 0 Å². The summed E-state index contributed by atoms with van der Waals surface area (Å²) in [6.45, 7) is 6.75. The fraction of sp³-hybridized carbons (Fsp3) is 0.545. The molecule has 94 valence electrons. The Labute approximate surface area is 100 Å². The molecule has 1 aromatic heterocycles. The predicted octanol–water partition coefficient (Wildman–Crippen LogP) is 1.85. The zero-order valence-electron chi connectivity index (χ0n) is 10.1. The van der Waals surface area contributed by atoms with Crippen LogP contribution >= 0.6 is 0 Å². The molecule has 0 unspecified atom stereocenters. The van der Waals surface area contributed by atoms with E-state index in [0.717, 1.165) is 13.1 Å². The van der Waals surface area contributed by atoms with E-state index in [2.05, 4.69) is 4.98 Å². The molecule has 1 aliphatic rings. The molecule has 1 aromatic rings. The number of ether oxygens (including phenoxy) is 1. The third kappa shape index (κ3) is 3.67. The number of pyridine rings is 1. The number of hydrogen-bond donors (Lipinski definition) is 0. The molecule has 6 heteroatoms. The highest BCUT2D eigenvalue weighted by Gasteiger charge is 2.15. The smallest absolute Gasteiger partial charge is 0.274 e. The molecule has 1 fully saturated rings. The predicted molar refractivity (Wildman–Crippen MR) is 65.3 cm³/mol. The first-order valence-corrected chi connectivity index (χ1v) is 5.70. The highest BCUT2D eigenvalue weighted by atomic mass is 16.6. The van der Waals surface area contributed by atoms with Crippen LogP contribution in [-0.2, 0) is 4.74 Å². The van der Waals surface area contributed by atoms with Gasteiger partial charge in [-0.25, -0.2) is 4.98 Å². The minimum Gasteiger partial charge on any atom is -0.378 e. The van der Waals surface area contributed by atoms with Gasteiger partial charge in [-0.15, -0.1) is 0 Å². The van der Waals surface area contributed by atoms with E-state index in [1.165, 1.54) is 18.3 Å². The molecule has 0 N–H and O–H groups in total. The second-order valence-corrected chi connectivity index (χ2v) is 3.23. The fourth-order valence-electron chi connectivity index (χ4n) is 1.49. The SMILES string of the molecule is CC.O=[N+]([O-])c1ccnc(N2CCOCC2)c1. The molecule has 0 spiro atoms. The van der Waals surface area contributed by atoms with Crippen LogP contribution in [-0.4, -0.2) is 36.2 Å². The minimum absolute atomic E-state index is 0.0755. The molecule has 0 bridgehead atoms. The molecule has 0 radical (unpaired) electrons. The Morgan fingerprint density at radius 3 is 2.65 bits per heavy atom. The summed E-state index contributed by atoms with van der Waals surface area (Å²) < 4.78 is 5.20. The maximum Gasteiger partial charge on any atom is 0.274 e. The summed E-state index contributed by atoms with van der Waals surface area (Å²) in [4.78, 5) is 16.3. The van der Waals surface area contributed by atoms with Gasteiger partial charge in [0.1, 0.15) is 5.82 Å². The van der Waals surface area contributed by atoms with E-state index in [1.807, 2.05) is 18.7 Å². The van der Waals surface area contributed by atoms with Gasteiger partial charge in [-0.05, 0) is 0 Å². The monoisotopic (exact) mass is 239 g/mol. The summed E-state index contributed by atoms with van der Waals surface area (Å²) in [5.74, 6) is 0.646. The molecule has 6 nitrogen and oxygen atoms in total. The van der Waals surface area contributed by atoms with Gasteiger partial charge in [-0.1, -0.05) is 13.8 Å². The lowest BCUT2D eigenvalue weighted by Crippen LogP contribution is -2.36. The molecule has 0 aliphatic carbocycles. The molecule has 0 amide bonds. The maximum atomic E-state index is 10.6. The molecule has 1 saturated heterocycles. The molecule has 0 saturated carbocycles. The molecule has 17 heavy (non-hydrogen) atoms. The zero-order chi connectivity index (χ0) is 12.7. The molecule has 1 aliphatic heterocycles. The van der Waals surface area contributed by atoms with Crippen LogP contribution < -0.4 is 4.90 Å². The molecule has 2 rings (SSSR count). The Kier molecular flexibility index (Phi) is 5.35. The Morgan fingerprint density at radius 2 is 2.06 bits per heavy atom. The maximum absolute atomic E-state index is 10.6. The number of anilines is 1. The molecule has 0 atom stereocenters. The lowest BCUT2D eigenvalue weighted by atomic mass is 10.3. The zero-order valence-corrected chi connectivity index (χ0v) is 10.1. The Balaban J connectivity index is 0.000000686. The molecular formula is C11H17N3O3.